The highest BCUT2D eigenvalue weighted by molar-refractivity contribution is 6.09. The number of nitrogens with zero attached hydrogens (tertiary/aromatic N) is 4. The van der Waals surface area contributed by atoms with Crippen LogP contribution in [0, 0.1) is 13.8 Å². The lowest BCUT2D eigenvalue weighted by atomic mass is 10.2. The van der Waals surface area contributed by atoms with Crippen molar-refractivity contribution in [2.75, 3.05) is 0 Å². The fourth-order valence-electron chi connectivity index (χ4n) is 5.71. The minimum absolute atomic E-state index is 1.04. The van der Waals surface area contributed by atoms with Crippen molar-refractivity contribution >= 4 is 43.6 Å². The van der Waals surface area contributed by atoms with Crippen molar-refractivity contribution in [2.45, 2.75) is 52.6 Å². The van der Waals surface area contributed by atoms with Gasteiger partial charge in [0.05, 0.1) is 22.4 Å². The van der Waals surface area contributed by atoms with Gasteiger partial charge in [0.25, 0.3) is 0 Å². The van der Waals surface area contributed by atoms with Crippen molar-refractivity contribution in [2.24, 2.45) is 0 Å². The summed E-state index contributed by atoms with van der Waals surface area (Å²) in [7, 11) is 0. The number of benzene rings is 2. The van der Waals surface area contributed by atoms with E-state index in [0.29, 0.717) is 0 Å². The number of hydrogen-bond acceptors (Lipinski definition) is 2. The second-order valence-corrected chi connectivity index (χ2v) is 9.34. The van der Waals surface area contributed by atoms with Gasteiger partial charge >= 0.3 is 0 Å². The molecule has 0 radical (unpaired) electrons. The third-order valence-electron chi connectivity index (χ3n) is 7.24. The van der Waals surface area contributed by atoms with Crippen molar-refractivity contribution in [1.82, 2.24) is 19.1 Å². The van der Waals surface area contributed by atoms with Crippen LogP contribution in [-0.2, 0) is 13.1 Å². The Hall–Kier alpha value is -3.66. The third-order valence-corrected chi connectivity index (χ3v) is 7.24. The molecule has 4 nitrogen and oxygen atoms in total. The number of pyridine rings is 2. The summed E-state index contributed by atoms with van der Waals surface area (Å²) in [5.41, 5.74) is 7.45. The summed E-state index contributed by atoms with van der Waals surface area (Å²) in [6.07, 6.45) is 8.66. The van der Waals surface area contributed by atoms with Gasteiger partial charge in [-0.3, -0.25) is 9.97 Å². The Morgan fingerprint density at radius 1 is 0.529 bits per heavy atom. The summed E-state index contributed by atoms with van der Waals surface area (Å²) >= 11 is 0. The highest BCUT2D eigenvalue weighted by atomic mass is 15.0. The largest absolute Gasteiger partial charge is 0.339 e. The van der Waals surface area contributed by atoms with Gasteiger partial charge in [0.15, 0.2) is 0 Å². The molecule has 0 saturated carbocycles. The quantitative estimate of drug-likeness (QED) is 0.237. The van der Waals surface area contributed by atoms with Crippen LogP contribution >= 0.6 is 0 Å². The SMILES string of the molecule is Cc1nccc2c3ccccc3n(CCCCCCn3c4ccccc4c4ccnc(C)c43)c12. The number of rotatable bonds is 7. The van der Waals surface area contributed by atoms with E-state index in [1.54, 1.807) is 0 Å². The molecule has 6 aromatic rings. The van der Waals surface area contributed by atoms with Gasteiger partial charge < -0.3 is 9.13 Å². The van der Waals surface area contributed by atoms with Crippen LogP contribution in [0.1, 0.15) is 37.1 Å². The van der Waals surface area contributed by atoms with E-state index in [0.717, 1.165) is 24.5 Å². The molecule has 4 heterocycles. The van der Waals surface area contributed by atoms with Crippen molar-refractivity contribution < 1.29 is 0 Å². The number of unbranched alkanes of at least 4 members (excludes halogenated alkanes) is 3. The lowest BCUT2D eigenvalue weighted by molar-refractivity contribution is 0.558. The van der Waals surface area contributed by atoms with Crippen LogP contribution in [-0.4, -0.2) is 19.1 Å². The molecule has 0 atom stereocenters. The fourth-order valence-corrected chi connectivity index (χ4v) is 5.71. The zero-order chi connectivity index (χ0) is 23.1. The molecule has 6 rings (SSSR count). The third kappa shape index (κ3) is 3.37. The monoisotopic (exact) mass is 446 g/mol. The number of fused-ring (bicyclic) bond motifs is 6. The predicted molar refractivity (Wildman–Crippen MR) is 142 cm³/mol. The molecule has 170 valence electrons. The van der Waals surface area contributed by atoms with Crippen molar-refractivity contribution in [3.63, 3.8) is 0 Å². The summed E-state index contributed by atoms with van der Waals surface area (Å²) < 4.78 is 4.96. The Labute approximate surface area is 199 Å². The molecule has 2 aromatic carbocycles. The fraction of sp³-hybridized carbons (Fsp3) is 0.267. The van der Waals surface area contributed by atoms with E-state index in [9.17, 15) is 0 Å². The van der Waals surface area contributed by atoms with Crippen molar-refractivity contribution in [3.8, 4) is 0 Å². The minimum Gasteiger partial charge on any atom is -0.339 e. The first-order chi connectivity index (χ1) is 16.7. The molecule has 0 saturated heterocycles. The molecule has 0 amide bonds. The molecule has 34 heavy (non-hydrogen) atoms. The molecule has 0 aliphatic carbocycles. The van der Waals surface area contributed by atoms with Crippen molar-refractivity contribution in [1.29, 1.82) is 0 Å². The van der Waals surface area contributed by atoms with Crippen molar-refractivity contribution in [3.05, 3.63) is 84.4 Å². The number of hydrogen-bond donors (Lipinski definition) is 0. The van der Waals surface area contributed by atoms with E-state index in [4.69, 9.17) is 0 Å². The lowest BCUT2D eigenvalue weighted by Gasteiger charge is -2.10. The van der Waals surface area contributed by atoms with Gasteiger partial charge in [-0.2, -0.15) is 0 Å². The van der Waals surface area contributed by atoms with E-state index in [2.05, 4.69) is 93.6 Å². The molecule has 0 bridgehead atoms. The molecular weight excluding hydrogens is 416 g/mol. The molecule has 0 N–H and O–H groups in total. The first-order valence-corrected chi connectivity index (χ1v) is 12.4. The standard InChI is InChI=1S/C30H30N4/c1-21-29-25(15-17-31-21)23-11-5-7-13-27(23)33(29)19-9-3-4-10-20-34-28-14-8-6-12-24(28)26-16-18-32-22(2)30(26)34/h5-8,11-18H,3-4,9-10,19-20H2,1-2H3. The second kappa shape index (κ2) is 8.60. The normalized spacial score (nSPS) is 11.9. The van der Waals surface area contributed by atoms with Gasteiger partial charge in [0.1, 0.15) is 0 Å². The van der Waals surface area contributed by atoms with Gasteiger partial charge in [0.2, 0.25) is 0 Å². The summed E-state index contributed by atoms with van der Waals surface area (Å²) in [4.78, 5) is 9.15. The molecule has 0 unspecified atom stereocenters. The van der Waals surface area contributed by atoms with Crippen LogP contribution < -0.4 is 0 Å². The first kappa shape index (κ1) is 20.9. The summed E-state index contributed by atoms with van der Waals surface area (Å²) in [6, 6.07) is 21.8. The Balaban J connectivity index is 1.17. The topological polar surface area (TPSA) is 35.6 Å². The highest BCUT2D eigenvalue weighted by Crippen LogP contribution is 2.32. The maximum atomic E-state index is 4.58. The molecule has 0 fully saturated rings. The van der Waals surface area contributed by atoms with Crippen LogP contribution in [0.3, 0.4) is 0 Å². The molecule has 0 aliphatic heterocycles. The number of aryl methyl sites for hydroxylation is 4. The zero-order valence-corrected chi connectivity index (χ0v) is 20.0. The average Bonchev–Trinajstić information content (AvgIpc) is 3.36. The first-order valence-electron chi connectivity index (χ1n) is 12.4. The van der Waals surface area contributed by atoms with Gasteiger partial charge in [-0.05, 0) is 51.0 Å². The van der Waals surface area contributed by atoms with Gasteiger partial charge in [0, 0.05) is 58.1 Å². The highest BCUT2D eigenvalue weighted by Gasteiger charge is 2.13. The van der Waals surface area contributed by atoms with E-state index < -0.39 is 0 Å². The van der Waals surface area contributed by atoms with Gasteiger partial charge in [-0.15, -0.1) is 0 Å². The van der Waals surface area contributed by atoms with E-state index in [1.807, 2.05) is 12.4 Å². The Morgan fingerprint density at radius 3 is 1.44 bits per heavy atom. The second-order valence-electron chi connectivity index (χ2n) is 9.34. The van der Waals surface area contributed by atoms with E-state index in [1.165, 1.54) is 69.3 Å². The van der Waals surface area contributed by atoms with Gasteiger partial charge in [-0.25, -0.2) is 0 Å². The maximum Gasteiger partial charge on any atom is 0.0707 e. The Kier molecular flexibility index (Phi) is 5.29. The molecule has 4 aromatic heterocycles. The summed E-state index contributed by atoms with van der Waals surface area (Å²) in [5, 5.41) is 5.30. The predicted octanol–water partition coefficient (Wildman–Crippen LogP) is 7.57. The van der Waals surface area contributed by atoms with Crippen LogP contribution in [0.5, 0.6) is 0 Å². The number of para-hydroxylation sites is 2. The van der Waals surface area contributed by atoms with Gasteiger partial charge in [-0.1, -0.05) is 49.2 Å². The van der Waals surface area contributed by atoms with Crippen LogP contribution in [0.15, 0.2) is 73.1 Å². The Bertz CT molecular complexity index is 1510. The van der Waals surface area contributed by atoms with Crippen LogP contribution in [0.25, 0.3) is 43.6 Å². The van der Waals surface area contributed by atoms with Crippen LogP contribution in [0.2, 0.25) is 0 Å². The number of aromatic nitrogens is 4. The lowest BCUT2D eigenvalue weighted by Crippen LogP contribution is -2.01. The maximum absolute atomic E-state index is 4.58. The summed E-state index contributed by atoms with van der Waals surface area (Å²) in [6.45, 7) is 6.32. The van der Waals surface area contributed by atoms with Crippen LogP contribution in [0.4, 0.5) is 0 Å². The minimum atomic E-state index is 1.04. The molecular formula is C30H30N4. The Morgan fingerprint density at radius 2 is 0.971 bits per heavy atom. The van der Waals surface area contributed by atoms with E-state index in [-0.39, 0.29) is 0 Å². The zero-order valence-electron chi connectivity index (χ0n) is 20.0. The molecule has 0 spiro atoms. The van der Waals surface area contributed by atoms with E-state index >= 15 is 0 Å². The average molecular weight is 447 g/mol. The molecule has 0 aliphatic rings. The smallest absolute Gasteiger partial charge is 0.0707 e. The molecule has 4 heteroatoms. The summed E-state index contributed by atoms with van der Waals surface area (Å²) in [5.74, 6) is 0.